The molecule has 0 aliphatic heterocycles. The molecule has 84 valence electrons. The number of hydrogen-bond acceptors (Lipinski definition) is 3. The van der Waals surface area contributed by atoms with Crippen LogP contribution in [0.4, 0.5) is 4.79 Å². The molecular formula is C11H12N2O2S. The highest BCUT2D eigenvalue weighted by atomic mass is 32.1. The summed E-state index contributed by atoms with van der Waals surface area (Å²) in [6, 6.07) is 9.28. The van der Waals surface area contributed by atoms with Gasteiger partial charge < -0.3 is 16.2 Å². The zero-order valence-corrected chi connectivity index (χ0v) is 9.33. The van der Waals surface area contributed by atoms with E-state index in [2.05, 4.69) is 5.32 Å². The number of benzene rings is 1. The second kappa shape index (κ2) is 4.51. The molecule has 16 heavy (non-hydrogen) atoms. The molecule has 2 amide bonds. The lowest BCUT2D eigenvalue weighted by molar-refractivity contribution is 0.144. The van der Waals surface area contributed by atoms with E-state index in [1.165, 1.54) is 4.70 Å². The first-order valence-corrected chi connectivity index (χ1v) is 5.68. The van der Waals surface area contributed by atoms with Gasteiger partial charge in [0.05, 0.1) is 0 Å². The molecule has 0 bridgehead atoms. The maximum Gasteiger partial charge on any atom is 0.314 e. The molecule has 0 fully saturated rings. The van der Waals surface area contributed by atoms with E-state index in [0.29, 0.717) is 6.42 Å². The Morgan fingerprint density at radius 1 is 1.50 bits per heavy atom. The predicted molar refractivity (Wildman–Crippen MR) is 64.3 cm³/mol. The quantitative estimate of drug-likeness (QED) is 0.705. The largest absolute Gasteiger partial charge is 0.373 e. The summed E-state index contributed by atoms with van der Waals surface area (Å²) in [5.74, 6) is 0. The standard InChI is InChI=1S/C11H12N2O2S/c12-11(15)13-10(14)6-8-5-7-3-1-2-4-9(7)16-8/h1-5,10,14H,6H2,(H3,12,13,15). The zero-order valence-electron chi connectivity index (χ0n) is 8.51. The van der Waals surface area contributed by atoms with Gasteiger partial charge in [-0.25, -0.2) is 4.79 Å². The smallest absolute Gasteiger partial charge is 0.314 e. The minimum absolute atomic E-state index is 0.377. The number of hydrogen-bond donors (Lipinski definition) is 3. The number of aliphatic hydroxyl groups excluding tert-OH is 1. The summed E-state index contributed by atoms with van der Waals surface area (Å²) < 4.78 is 1.17. The minimum atomic E-state index is -0.925. The Bertz CT molecular complexity index is 476. The molecule has 0 aliphatic rings. The van der Waals surface area contributed by atoms with Crippen LogP contribution in [0.1, 0.15) is 4.88 Å². The summed E-state index contributed by atoms with van der Waals surface area (Å²) in [6.45, 7) is 0. The van der Waals surface area contributed by atoms with Crippen LogP contribution in [0.3, 0.4) is 0 Å². The average molecular weight is 236 g/mol. The minimum Gasteiger partial charge on any atom is -0.373 e. The monoisotopic (exact) mass is 236 g/mol. The van der Waals surface area contributed by atoms with Crippen molar-refractivity contribution in [3.05, 3.63) is 35.2 Å². The van der Waals surface area contributed by atoms with Gasteiger partial charge in [0.25, 0.3) is 0 Å². The van der Waals surface area contributed by atoms with Crippen LogP contribution < -0.4 is 11.1 Å². The van der Waals surface area contributed by atoms with Crippen LogP contribution >= 0.6 is 11.3 Å². The number of nitrogens with one attached hydrogen (secondary N) is 1. The van der Waals surface area contributed by atoms with Gasteiger partial charge in [0.1, 0.15) is 6.23 Å². The first-order chi connectivity index (χ1) is 7.65. The summed E-state index contributed by atoms with van der Waals surface area (Å²) in [5, 5.41) is 12.9. The number of carbonyl (C=O) groups excluding carboxylic acids is 1. The molecule has 1 aromatic carbocycles. The van der Waals surface area contributed by atoms with Crippen molar-refractivity contribution in [1.82, 2.24) is 5.32 Å². The molecule has 4 nitrogen and oxygen atoms in total. The molecular weight excluding hydrogens is 224 g/mol. The fourth-order valence-electron chi connectivity index (χ4n) is 1.54. The molecule has 1 unspecified atom stereocenters. The van der Waals surface area contributed by atoms with Gasteiger partial charge in [-0.1, -0.05) is 18.2 Å². The highest BCUT2D eigenvalue weighted by Gasteiger charge is 2.09. The lowest BCUT2D eigenvalue weighted by Crippen LogP contribution is -2.39. The van der Waals surface area contributed by atoms with Crippen molar-refractivity contribution in [2.75, 3.05) is 0 Å². The molecule has 0 saturated heterocycles. The molecule has 0 saturated carbocycles. The Morgan fingerprint density at radius 3 is 2.94 bits per heavy atom. The molecule has 0 aliphatic carbocycles. The van der Waals surface area contributed by atoms with Crippen molar-refractivity contribution >= 4 is 27.5 Å². The van der Waals surface area contributed by atoms with Crippen LogP contribution in [0.15, 0.2) is 30.3 Å². The Labute approximate surface area is 96.7 Å². The highest BCUT2D eigenvalue weighted by molar-refractivity contribution is 7.19. The van der Waals surface area contributed by atoms with Crippen molar-refractivity contribution in [3.8, 4) is 0 Å². The van der Waals surface area contributed by atoms with Crippen LogP contribution in [0, 0.1) is 0 Å². The summed E-state index contributed by atoms with van der Waals surface area (Å²) in [5.41, 5.74) is 4.92. The lowest BCUT2D eigenvalue weighted by atomic mass is 10.2. The first kappa shape index (κ1) is 10.9. The summed E-state index contributed by atoms with van der Waals surface area (Å²) in [6.07, 6.45) is -0.548. The van der Waals surface area contributed by atoms with Gasteiger partial charge in [0.2, 0.25) is 0 Å². The Morgan fingerprint density at radius 2 is 2.25 bits per heavy atom. The van der Waals surface area contributed by atoms with Crippen LogP contribution in [0.2, 0.25) is 0 Å². The zero-order chi connectivity index (χ0) is 11.5. The second-order valence-electron chi connectivity index (χ2n) is 3.48. The van der Waals surface area contributed by atoms with E-state index in [-0.39, 0.29) is 0 Å². The number of aliphatic hydroxyl groups is 1. The summed E-state index contributed by atoms with van der Waals surface area (Å²) in [4.78, 5) is 11.5. The van der Waals surface area contributed by atoms with Gasteiger partial charge in [0.15, 0.2) is 0 Å². The molecule has 2 rings (SSSR count). The average Bonchev–Trinajstić information content (AvgIpc) is 2.57. The SMILES string of the molecule is NC(=O)NC(O)Cc1cc2ccccc2s1. The van der Waals surface area contributed by atoms with Gasteiger partial charge in [-0.3, -0.25) is 0 Å². The van der Waals surface area contributed by atoms with E-state index >= 15 is 0 Å². The molecule has 0 spiro atoms. The third-order valence-corrected chi connectivity index (χ3v) is 3.32. The van der Waals surface area contributed by atoms with E-state index in [0.717, 1.165) is 10.3 Å². The number of amides is 2. The van der Waals surface area contributed by atoms with Crippen molar-refractivity contribution in [1.29, 1.82) is 0 Å². The van der Waals surface area contributed by atoms with Crippen LogP contribution in [0.25, 0.3) is 10.1 Å². The molecule has 1 atom stereocenters. The third-order valence-electron chi connectivity index (χ3n) is 2.18. The second-order valence-corrected chi connectivity index (χ2v) is 4.65. The molecule has 0 radical (unpaired) electrons. The molecule has 4 N–H and O–H groups in total. The fourth-order valence-corrected chi connectivity index (χ4v) is 2.64. The van der Waals surface area contributed by atoms with E-state index in [1.54, 1.807) is 11.3 Å². The third kappa shape index (κ3) is 2.50. The Kier molecular flexibility index (Phi) is 3.07. The number of thiophene rings is 1. The first-order valence-electron chi connectivity index (χ1n) is 4.86. The number of urea groups is 1. The number of nitrogens with two attached hydrogens (primary N) is 1. The molecule has 5 heteroatoms. The van der Waals surface area contributed by atoms with Crippen LogP contribution in [0.5, 0.6) is 0 Å². The van der Waals surface area contributed by atoms with Crippen LogP contribution in [-0.2, 0) is 6.42 Å². The molecule has 2 aromatic rings. The van der Waals surface area contributed by atoms with Crippen molar-refractivity contribution < 1.29 is 9.90 Å². The topological polar surface area (TPSA) is 75.4 Å². The van der Waals surface area contributed by atoms with Crippen molar-refractivity contribution in [2.45, 2.75) is 12.6 Å². The van der Waals surface area contributed by atoms with E-state index in [1.807, 2.05) is 30.3 Å². The molecule has 1 heterocycles. The maximum absolute atomic E-state index is 10.5. The van der Waals surface area contributed by atoms with Gasteiger partial charge in [-0.15, -0.1) is 11.3 Å². The van der Waals surface area contributed by atoms with Gasteiger partial charge >= 0.3 is 6.03 Å². The van der Waals surface area contributed by atoms with Gasteiger partial charge in [0, 0.05) is 16.0 Å². The fraction of sp³-hybridized carbons (Fsp3) is 0.182. The van der Waals surface area contributed by atoms with E-state index in [9.17, 15) is 9.90 Å². The van der Waals surface area contributed by atoms with Gasteiger partial charge in [-0.05, 0) is 17.5 Å². The number of primary amides is 1. The summed E-state index contributed by atoms with van der Waals surface area (Å²) in [7, 11) is 0. The van der Waals surface area contributed by atoms with E-state index in [4.69, 9.17) is 5.73 Å². The molecule has 1 aromatic heterocycles. The lowest BCUT2D eigenvalue weighted by Gasteiger charge is -2.08. The summed E-state index contributed by atoms with van der Waals surface area (Å²) >= 11 is 1.60. The Balaban J connectivity index is 2.12. The highest BCUT2D eigenvalue weighted by Crippen LogP contribution is 2.25. The number of carbonyl (C=O) groups is 1. The number of rotatable bonds is 3. The normalized spacial score (nSPS) is 12.6. The van der Waals surface area contributed by atoms with Crippen molar-refractivity contribution in [2.24, 2.45) is 5.73 Å². The van der Waals surface area contributed by atoms with E-state index < -0.39 is 12.3 Å². The predicted octanol–water partition coefficient (Wildman–Crippen LogP) is 1.43. The Hall–Kier alpha value is -1.59. The number of fused-ring (bicyclic) bond motifs is 1. The van der Waals surface area contributed by atoms with Gasteiger partial charge in [-0.2, -0.15) is 0 Å². The van der Waals surface area contributed by atoms with Crippen molar-refractivity contribution in [3.63, 3.8) is 0 Å². The maximum atomic E-state index is 10.5. The van der Waals surface area contributed by atoms with Crippen LogP contribution in [-0.4, -0.2) is 17.4 Å².